The van der Waals surface area contributed by atoms with Crippen molar-refractivity contribution in [2.24, 2.45) is 0 Å². The van der Waals surface area contributed by atoms with Gasteiger partial charge >= 0.3 is 0 Å². The number of benzene rings is 1. The molecular weight excluding hydrogens is 218 g/mol. The number of hydrogen-bond acceptors (Lipinski definition) is 1. The highest BCUT2D eigenvalue weighted by molar-refractivity contribution is 7.84. The normalized spacial score (nSPS) is 23.8. The molecule has 0 aromatic heterocycles. The van der Waals surface area contributed by atoms with Gasteiger partial charge in [0.2, 0.25) is 0 Å². The molecule has 0 aliphatic carbocycles. The van der Waals surface area contributed by atoms with Crippen LogP contribution >= 0.6 is 0 Å². The van der Waals surface area contributed by atoms with Crippen LogP contribution in [0.25, 0.3) is 0 Å². The monoisotopic (exact) mass is 237 g/mol. The second kappa shape index (κ2) is 4.30. The Kier molecular flexibility index (Phi) is 3.17. The predicted molar refractivity (Wildman–Crippen MR) is 68.4 cm³/mol. The minimum absolute atomic E-state index is 0.159. The van der Waals surface area contributed by atoms with Crippen molar-refractivity contribution in [3.8, 4) is 0 Å². The lowest BCUT2D eigenvalue weighted by Crippen LogP contribution is -2.47. The van der Waals surface area contributed by atoms with Gasteiger partial charge in [0.1, 0.15) is 11.0 Å². The van der Waals surface area contributed by atoms with E-state index in [4.69, 9.17) is 0 Å². The minimum Gasteiger partial charge on any atom is -0.242 e. The maximum atomic E-state index is 12.3. The van der Waals surface area contributed by atoms with Crippen LogP contribution in [-0.2, 0) is 11.0 Å². The highest BCUT2D eigenvalue weighted by Gasteiger charge is 2.38. The highest BCUT2D eigenvalue weighted by atomic mass is 32.2. The molecule has 1 saturated heterocycles. The number of hydrogen-bond donors (Lipinski definition) is 0. The first-order valence-corrected chi connectivity index (χ1v) is 6.84. The molecule has 1 heterocycles. The predicted octanol–water partition coefficient (Wildman–Crippen LogP) is 2.90. The molecule has 1 aliphatic rings. The molecule has 0 spiro atoms. The zero-order valence-corrected chi connectivity index (χ0v) is 11.0. The van der Waals surface area contributed by atoms with Crippen molar-refractivity contribution in [2.75, 3.05) is 6.54 Å². The fraction of sp³-hybridized carbons (Fsp3) is 0.538. The molecule has 0 N–H and O–H groups in total. The lowest BCUT2D eigenvalue weighted by Gasteiger charge is -2.43. The third-order valence-corrected chi connectivity index (χ3v) is 4.80. The molecule has 1 aliphatic heterocycles. The summed E-state index contributed by atoms with van der Waals surface area (Å²) in [6.45, 7) is 7.04. The van der Waals surface area contributed by atoms with E-state index in [1.165, 1.54) is 5.56 Å². The summed E-state index contributed by atoms with van der Waals surface area (Å²) in [5.74, 6) is 0. The lowest BCUT2D eigenvalue weighted by molar-refractivity contribution is 0.209. The van der Waals surface area contributed by atoms with Crippen LogP contribution in [-0.4, -0.2) is 19.8 Å². The van der Waals surface area contributed by atoms with Crippen LogP contribution in [0, 0.1) is 0 Å². The van der Waals surface area contributed by atoms with E-state index in [0.29, 0.717) is 6.04 Å². The van der Waals surface area contributed by atoms with Crippen LogP contribution in [0.5, 0.6) is 0 Å². The van der Waals surface area contributed by atoms with Crippen molar-refractivity contribution in [3.63, 3.8) is 0 Å². The van der Waals surface area contributed by atoms with E-state index in [9.17, 15) is 4.21 Å². The first-order chi connectivity index (χ1) is 7.50. The Hall–Kier alpha value is -0.670. The molecule has 0 bridgehead atoms. The van der Waals surface area contributed by atoms with Gasteiger partial charge in [-0.25, -0.2) is 8.51 Å². The number of rotatable bonds is 2. The van der Waals surface area contributed by atoms with Gasteiger partial charge in [-0.3, -0.25) is 0 Å². The second-order valence-corrected chi connectivity index (χ2v) is 7.41. The van der Waals surface area contributed by atoms with E-state index in [-0.39, 0.29) is 4.75 Å². The minimum atomic E-state index is -0.893. The Morgan fingerprint density at radius 1 is 1.25 bits per heavy atom. The maximum Gasteiger partial charge on any atom is 0.100 e. The Labute approximate surface area is 100 Å². The van der Waals surface area contributed by atoms with Crippen molar-refractivity contribution in [1.29, 1.82) is 0 Å². The third-order valence-electron chi connectivity index (χ3n) is 2.89. The molecule has 0 radical (unpaired) electrons. The first-order valence-electron chi connectivity index (χ1n) is 5.74. The molecule has 3 heteroatoms. The van der Waals surface area contributed by atoms with Crippen molar-refractivity contribution >= 4 is 11.0 Å². The van der Waals surface area contributed by atoms with Crippen LogP contribution < -0.4 is 0 Å². The molecule has 1 aromatic rings. The molecule has 1 fully saturated rings. The Morgan fingerprint density at radius 2 is 1.88 bits per heavy atom. The summed E-state index contributed by atoms with van der Waals surface area (Å²) in [6, 6.07) is 10.7. The zero-order chi connectivity index (χ0) is 11.8. The van der Waals surface area contributed by atoms with Gasteiger partial charge in [0.15, 0.2) is 0 Å². The van der Waals surface area contributed by atoms with Crippen molar-refractivity contribution in [3.05, 3.63) is 35.9 Å². The largest absolute Gasteiger partial charge is 0.242 e. The molecule has 2 nitrogen and oxygen atoms in total. The van der Waals surface area contributed by atoms with Crippen LogP contribution in [0.15, 0.2) is 30.3 Å². The van der Waals surface area contributed by atoms with Gasteiger partial charge in [0.25, 0.3) is 0 Å². The third kappa shape index (κ3) is 2.20. The van der Waals surface area contributed by atoms with Gasteiger partial charge < -0.3 is 0 Å². The van der Waals surface area contributed by atoms with E-state index in [2.05, 4.69) is 16.4 Å². The molecule has 0 saturated carbocycles. The molecule has 2 rings (SSSR count). The fourth-order valence-electron chi connectivity index (χ4n) is 1.92. The van der Waals surface area contributed by atoms with Crippen molar-refractivity contribution < 1.29 is 4.21 Å². The van der Waals surface area contributed by atoms with Crippen LogP contribution in [0.2, 0.25) is 0 Å². The summed E-state index contributed by atoms with van der Waals surface area (Å²) >= 11 is 0. The topological polar surface area (TPSA) is 20.3 Å². The summed E-state index contributed by atoms with van der Waals surface area (Å²) in [4.78, 5) is 0. The molecule has 16 heavy (non-hydrogen) atoms. The SMILES string of the molecule is CC(C)(C)S(=O)N1CC[C@@H]1c1ccccc1. The van der Waals surface area contributed by atoms with Crippen LogP contribution in [0.4, 0.5) is 0 Å². The summed E-state index contributed by atoms with van der Waals surface area (Å²) < 4.78 is 14.2. The van der Waals surface area contributed by atoms with Crippen LogP contribution in [0.3, 0.4) is 0 Å². The fourth-order valence-corrected chi connectivity index (χ4v) is 3.35. The highest BCUT2D eigenvalue weighted by Crippen LogP contribution is 2.37. The van der Waals surface area contributed by atoms with Gasteiger partial charge in [0, 0.05) is 12.6 Å². The summed E-state index contributed by atoms with van der Waals surface area (Å²) in [6.07, 6.45) is 1.12. The average molecular weight is 237 g/mol. The van der Waals surface area contributed by atoms with E-state index in [0.717, 1.165) is 13.0 Å². The van der Waals surface area contributed by atoms with Crippen molar-refractivity contribution in [1.82, 2.24) is 4.31 Å². The van der Waals surface area contributed by atoms with Gasteiger partial charge in [-0.2, -0.15) is 0 Å². The van der Waals surface area contributed by atoms with E-state index < -0.39 is 11.0 Å². The molecule has 88 valence electrons. The molecular formula is C13H19NOS. The zero-order valence-electron chi connectivity index (χ0n) is 10.1. The lowest BCUT2D eigenvalue weighted by atomic mass is 9.98. The maximum absolute atomic E-state index is 12.3. The van der Waals surface area contributed by atoms with E-state index in [1.807, 2.05) is 39.0 Å². The van der Waals surface area contributed by atoms with E-state index >= 15 is 0 Å². The van der Waals surface area contributed by atoms with Crippen LogP contribution in [0.1, 0.15) is 38.8 Å². The molecule has 1 unspecified atom stereocenters. The Morgan fingerprint density at radius 3 is 2.31 bits per heavy atom. The Bertz CT molecular complexity index is 383. The van der Waals surface area contributed by atoms with Gasteiger partial charge in [-0.1, -0.05) is 30.3 Å². The standard InChI is InChI=1S/C13H19NOS/c1-13(2,3)16(15)14-10-9-12(14)11-7-5-4-6-8-11/h4-8,12H,9-10H2,1-3H3/t12-,16?/m1/s1. The van der Waals surface area contributed by atoms with Crippen molar-refractivity contribution in [2.45, 2.75) is 38.0 Å². The van der Waals surface area contributed by atoms with Gasteiger partial charge in [0.05, 0.1) is 4.75 Å². The summed E-state index contributed by atoms with van der Waals surface area (Å²) in [7, 11) is -0.893. The van der Waals surface area contributed by atoms with E-state index in [1.54, 1.807) is 0 Å². The second-order valence-electron chi connectivity index (χ2n) is 5.22. The Balaban J connectivity index is 2.13. The van der Waals surface area contributed by atoms with Gasteiger partial charge in [-0.05, 0) is 32.8 Å². The molecule has 1 aromatic carbocycles. The molecule has 0 amide bonds. The molecule has 2 atom stereocenters. The van der Waals surface area contributed by atoms with Gasteiger partial charge in [-0.15, -0.1) is 0 Å². The summed E-state index contributed by atoms with van der Waals surface area (Å²) in [5.41, 5.74) is 1.28. The quantitative estimate of drug-likeness (QED) is 0.774. The summed E-state index contributed by atoms with van der Waals surface area (Å²) in [5, 5.41) is 0. The smallest absolute Gasteiger partial charge is 0.100 e. The first kappa shape index (κ1) is 11.8. The average Bonchev–Trinajstić information content (AvgIpc) is 2.16. The number of nitrogens with zero attached hydrogens (tertiary/aromatic N) is 1.